The van der Waals surface area contributed by atoms with Gasteiger partial charge >= 0.3 is 0 Å². The van der Waals surface area contributed by atoms with E-state index in [4.69, 9.17) is 5.73 Å². The first-order valence-corrected chi connectivity index (χ1v) is 6.70. The zero-order valence-electron chi connectivity index (χ0n) is 11.6. The average Bonchev–Trinajstić information content (AvgIpc) is 2.41. The summed E-state index contributed by atoms with van der Waals surface area (Å²) in [5.41, 5.74) is 8.05. The van der Waals surface area contributed by atoms with E-state index in [1.165, 1.54) is 12.8 Å². The van der Waals surface area contributed by atoms with Crippen LogP contribution in [0, 0.1) is 17.2 Å². The molecule has 0 aromatic heterocycles. The van der Waals surface area contributed by atoms with Crippen LogP contribution in [0.25, 0.3) is 0 Å². The van der Waals surface area contributed by atoms with E-state index in [1.54, 1.807) is 6.07 Å². The number of nitriles is 1. The molecule has 0 atom stereocenters. The predicted octanol–water partition coefficient (Wildman–Crippen LogP) is 3.40. The zero-order chi connectivity index (χ0) is 13.5. The summed E-state index contributed by atoms with van der Waals surface area (Å²) in [4.78, 5) is 2.27. The van der Waals surface area contributed by atoms with Crippen molar-refractivity contribution in [2.75, 3.05) is 23.7 Å². The van der Waals surface area contributed by atoms with Crippen LogP contribution in [-0.2, 0) is 0 Å². The van der Waals surface area contributed by atoms with Crippen molar-refractivity contribution in [2.24, 2.45) is 5.92 Å². The molecule has 0 aliphatic rings. The lowest BCUT2D eigenvalue weighted by molar-refractivity contribution is 0.486. The Morgan fingerprint density at radius 1 is 1.28 bits per heavy atom. The lowest BCUT2D eigenvalue weighted by Gasteiger charge is -2.28. The van der Waals surface area contributed by atoms with Crippen LogP contribution in [0.15, 0.2) is 18.2 Å². The lowest BCUT2D eigenvalue weighted by atomic mass is 10.0. The molecule has 1 aromatic rings. The van der Waals surface area contributed by atoms with Gasteiger partial charge in [0.05, 0.1) is 11.3 Å². The molecule has 0 spiro atoms. The van der Waals surface area contributed by atoms with E-state index in [2.05, 4.69) is 31.7 Å². The fraction of sp³-hybridized carbons (Fsp3) is 0.533. The second-order valence-electron chi connectivity index (χ2n) is 4.61. The van der Waals surface area contributed by atoms with E-state index in [1.807, 2.05) is 12.1 Å². The molecule has 0 radical (unpaired) electrons. The Balaban J connectivity index is 2.98. The highest BCUT2D eigenvalue weighted by molar-refractivity contribution is 5.64. The van der Waals surface area contributed by atoms with Gasteiger partial charge in [-0.3, -0.25) is 0 Å². The number of hydrogen-bond acceptors (Lipinski definition) is 3. The van der Waals surface area contributed by atoms with Crippen LogP contribution in [0.5, 0.6) is 0 Å². The van der Waals surface area contributed by atoms with Gasteiger partial charge in [0.1, 0.15) is 6.07 Å². The van der Waals surface area contributed by atoms with Gasteiger partial charge in [0, 0.05) is 18.8 Å². The molecule has 1 aromatic carbocycles. The number of hydrogen-bond donors (Lipinski definition) is 1. The molecule has 3 nitrogen and oxygen atoms in total. The Labute approximate surface area is 110 Å². The van der Waals surface area contributed by atoms with Crippen LogP contribution in [0.2, 0.25) is 0 Å². The molecule has 98 valence electrons. The minimum Gasteiger partial charge on any atom is -0.399 e. The maximum Gasteiger partial charge on any atom is 0.101 e. The third-order valence-corrected chi connectivity index (χ3v) is 3.50. The summed E-state index contributed by atoms with van der Waals surface area (Å²) in [6, 6.07) is 7.82. The molecule has 2 N–H and O–H groups in total. The molecule has 3 heteroatoms. The standard InChI is InChI=1S/C15H23N3/c1-4-12(5-2)11-18(6-3)15-8-7-14(17)9-13(15)10-16/h7-9,12H,4-6,11,17H2,1-3H3. The van der Waals surface area contributed by atoms with Gasteiger partial charge in [0.25, 0.3) is 0 Å². The summed E-state index contributed by atoms with van der Waals surface area (Å²) in [6.07, 6.45) is 2.34. The van der Waals surface area contributed by atoms with Crippen molar-refractivity contribution in [1.82, 2.24) is 0 Å². The first-order valence-electron chi connectivity index (χ1n) is 6.70. The minimum atomic E-state index is 0.647. The molecular formula is C15H23N3. The number of anilines is 2. The van der Waals surface area contributed by atoms with Crippen LogP contribution in [0.3, 0.4) is 0 Å². The molecule has 0 bridgehead atoms. The van der Waals surface area contributed by atoms with Crippen LogP contribution in [0.4, 0.5) is 11.4 Å². The van der Waals surface area contributed by atoms with Gasteiger partial charge in [0.2, 0.25) is 0 Å². The predicted molar refractivity (Wildman–Crippen MR) is 77.5 cm³/mol. The molecule has 0 amide bonds. The summed E-state index contributed by atoms with van der Waals surface area (Å²) >= 11 is 0. The maximum atomic E-state index is 9.20. The number of nitrogens with zero attached hydrogens (tertiary/aromatic N) is 2. The lowest BCUT2D eigenvalue weighted by Crippen LogP contribution is -2.29. The van der Waals surface area contributed by atoms with E-state index in [0.29, 0.717) is 17.2 Å². The summed E-state index contributed by atoms with van der Waals surface area (Å²) < 4.78 is 0. The smallest absolute Gasteiger partial charge is 0.101 e. The van der Waals surface area contributed by atoms with Crippen molar-refractivity contribution < 1.29 is 0 Å². The van der Waals surface area contributed by atoms with Crippen molar-refractivity contribution in [2.45, 2.75) is 33.6 Å². The molecule has 0 heterocycles. The highest BCUT2D eigenvalue weighted by atomic mass is 15.1. The molecule has 0 saturated carbocycles. The molecule has 0 aliphatic carbocycles. The van der Waals surface area contributed by atoms with Crippen molar-refractivity contribution in [3.8, 4) is 6.07 Å². The van der Waals surface area contributed by atoms with Gasteiger partial charge < -0.3 is 10.6 Å². The highest BCUT2D eigenvalue weighted by Crippen LogP contribution is 2.24. The van der Waals surface area contributed by atoms with E-state index >= 15 is 0 Å². The molecule has 0 unspecified atom stereocenters. The SMILES string of the molecule is CCC(CC)CN(CC)c1ccc(N)cc1C#N. The second kappa shape index (κ2) is 6.90. The quantitative estimate of drug-likeness (QED) is 0.781. The fourth-order valence-electron chi connectivity index (χ4n) is 2.18. The summed E-state index contributed by atoms with van der Waals surface area (Å²) in [5.74, 6) is 0.675. The molecule has 0 aliphatic heterocycles. The monoisotopic (exact) mass is 245 g/mol. The third-order valence-electron chi connectivity index (χ3n) is 3.50. The van der Waals surface area contributed by atoms with Crippen molar-refractivity contribution in [1.29, 1.82) is 5.26 Å². The Kier molecular flexibility index (Phi) is 5.51. The minimum absolute atomic E-state index is 0.647. The summed E-state index contributed by atoms with van der Waals surface area (Å²) in [5, 5.41) is 9.20. The molecule has 0 saturated heterocycles. The maximum absolute atomic E-state index is 9.20. The van der Waals surface area contributed by atoms with Gasteiger partial charge in [-0.1, -0.05) is 26.7 Å². The Hall–Kier alpha value is -1.69. The van der Waals surface area contributed by atoms with E-state index in [0.717, 1.165) is 18.8 Å². The summed E-state index contributed by atoms with van der Waals surface area (Å²) in [6.45, 7) is 8.48. The van der Waals surface area contributed by atoms with Gasteiger partial charge in [-0.25, -0.2) is 0 Å². The topological polar surface area (TPSA) is 53.0 Å². The molecule has 1 rings (SSSR count). The third kappa shape index (κ3) is 3.40. The van der Waals surface area contributed by atoms with Gasteiger partial charge in [-0.05, 0) is 31.0 Å². The van der Waals surface area contributed by atoms with Crippen LogP contribution in [-0.4, -0.2) is 13.1 Å². The molecular weight excluding hydrogens is 222 g/mol. The number of benzene rings is 1. The van der Waals surface area contributed by atoms with Crippen LogP contribution in [0.1, 0.15) is 39.2 Å². The normalized spacial score (nSPS) is 10.4. The Morgan fingerprint density at radius 2 is 1.94 bits per heavy atom. The first-order chi connectivity index (χ1) is 8.65. The largest absolute Gasteiger partial charge is 0.399 e. The van der Waals surface area contributed by atoms with E-state index in [-0.39, 0.29) is 0 Å². The average molecular weight is 245 g/mol. The first kappa shape index (κ1) is 14.4. The van der Waals surface area contributed by atoms with Crippen LogP contribution >= 0.6 is 0 Å². The second-order valence-corrected chi connectivity index (χ2v) is 4.61. The Morgan fingerprint density at radius 3 is 2.44 bits per heavy atom. The number of nitrogen functional groups attached to an aromatic ring is 1. The van der Waals surface area contributed by atoms with Gasteiger partial charge in [0.15, 0.2) is 0 Å². The van der Waals surface area contributed by atoms with Crippen LogP contribution < -0.4 is 10.6 Å². The number of rotatable bonds is 6. The Bertz CT molecular complexity index is 416. The molecule has 0 fully saturated rings. The van der Waals surface area contributed by atoms with Crippen molar-refractivity contribution >= 4 is 11.4 Å². The zero-order valence-corrected chi connectivity index (χ0v) is 11.6. The van der Waals surface area contributed by atoms with Crippen molar-refractivity contribution in [3.63, 3.8) is 0 Å². The van der Waals surface area contributed by atoms with Gasteiger partial charge in [-0.2, -0.15) is 5.26 Å². The van der Waals surface area contributed by atoms with E-state index < -0.39 is 0 Å². The summed E-state index contributed by atoms with van der Waals surface area (Å²) in [7, 11) is 0. The fourth-order valence-corrected chi connectivity index (χ4v) is 2.18. The van der Waals surface area contributed by atoms with Crippen molar-refractivity contribution in [3.05, 3.63) is 23.8 Å². The molecule has 18 heavy (non-hydrogen) atoms. The number of nitrogens with two attached hydrogens (primary N) is 1. The highest BCUT2D eigenvalue weighted by Gasteiger charge is 2.14. The van der Waals surface area contributed by atoms with Gasteiger partial charge in [-0.15, -0.1) is 0 Å². The van der Waals surface area contributed by atoms with E-state index in [9.17, 15) is 5.26 Å².